The number of carbonyl (C=O) groups is 1. The highest BCUT2D eigenvalue weighted by Gasteiger charge is 2.20. The third kappa shape index (κ3) is 4.01. The SMILES string of the molecule is CCOC(=O)c1c(COc2cc(OC)cc(OC)c2)nc2ccccc2c1C. The maximum atomic E-state index is 12.6. The van der Waals surface area contributed by atoms with Crippen LogP contribution >= 0.6 is 0 Å². The van der Waals surface area contributed by atoms with Crippen LogP contribution in [-0.2, 0) is 11.3 Å². The molecule has 0 radical (unpaired) electrons. The molecule has 0 fully saturated rings. The number of aryl methyl sites for hydroxylation is 1. The molecule has 2 aromatic carbocycles. The molecule has 0 aliphatic carbocycles. The first kappa shape index (κ1) is 19.5. The van der Waals surface area contributed by atoms with E-state index in [1.54, 1.807) is 39.3 Å². The van der Waals surface area contributed by atoms with Gasteiger partial charge in [-0.25, -0.2) is 9.78 Å². The number of hydrogen-bond acceptors (Lipinski definition) is 6. The molecule has 0 spiro atoms. The van der Waals surface area contributed by atoms with Gasteiger partial charge in [0.05, 0.1) is 37.6 Å². The maximum Gasteiger partial charge on any atom is 0.340 e. The molecular formula is C22H23NO5. The van der Waals surface area contributed by atoms with Gasteiger partial charge in [0.25, 0.3) is 0 Å². The second kappa shape index (κ2) is 8.61. The predicted octanol–water partition coefficient (Wildman–Crippen LogP) is 4.32. The van der Waals surface area contributed by atoms with Gasteiger partial charge in [-0.1, -0.05) is 18.2 Å². The summed E-state index contributed by atoms with van der Waals surface area (Å²) in [4.78, 5) is 17.2. The van der Waals surface area contributed by atoms with Crippen LogP contribution in [0.25, 0.3) is 10.9 Å². The Bertz CT molecular complexity index is 977. The normalized spacial score (nSPS) is 10.6. The van der Waals surface area contributed by atoms with Crippen LogP contribution in [0.3, 0.4) is 0 Å². The molecule has 0 unspecified atom stereocenters. The zero-order valence-electron chi connectivity index (χ0n) is 16.4. The summed E-state index contributed by atoms with van der Waals surface area (Å²) in [6.45, 7) is 4.07. The lowest BCUT2D eigenvalue weighted by Gasteiger charge is -2.15. The second-order valence-electron chi connectivity index (χ2n) is 6.13. The lowest BCUT2D eigenvalue weighted by molar-refractivity contribution is 0.0522. The molecule has 1 aromatic heterocycles. The van der Waals surface area contributed by atoms with Crippen molar-refractivity contribution < 1.29 is 23.7 Å². The van der Waals surface area contributed by atoms with Crippen LogP contribution in [0.5, 0.6) is 17.2 Å². The molecule has 0 bridgehead atoms. The molecule has 146 valence electrons. The molecule has 0 aliphatic rings. The number of hydrogen-bond donors (Lipinski definition) is 0. The summed E-state index contributed by atoms with van der Waals surface area (Å²) in [6, 6.07) is 12.9. The monoisotopic (exact) mass is 381 g/mol. The minimum absolute atomic E-state index is 0.107. The molecule has 0 atom stereocenters. The van der Waals surface area contributed by atoms with E-state index in [0.29, 0.717) is 35.1 Å². The van der Waals surface area contributed by atoms with Crippen molar-refractivity contribution >= 4 is 16.9 Å². The number of pyridine rings is 1. The third-order valence-electron chi connectivity index (χ3n) is 4.41. The Morgan fingerprint density at radius 1 is 1.00 bits per heavy atom. The summed E-state index contributed by atoms with van der Waals surface area (Å²) >= 11 is 0. The highest BCUT2D eigenvalue weighted by Crippen LogP contribution is 2.29. The van der Waals surface area contributed by atoms with E-state index in [9.17, 15) is 4.79 Å². The summed E-state index contributed by atoms with van der Waals surface area (Å²) in [6.07, 6.45) is 0. The molecule has 0 aliphatic heterocycles. The highest BCUT2D eigenvalue weighted by atomic mass is 16.5. The number of methoxy groups -OCH3 is 2. The highest BCUT2D eigenvalue weighted by molar-refractivity contribution is 5.98. The molecule has 28 heavy (non-hydrogen) atoms. The number of ether oxygens (including phenoxy) is 4. The van der Waals surface area contributed by atoms with Gasteiger partial charge in [0.15, 0.2) is 0 Å². The van der Waals surface area contributed by atoms with Crippen molar-refractivity contribution in [3.05, 3.63) is 59.3 Å². The summed E-state index contributed by atoms with van der Waals surface area (Å²) < 4.78 is 21.7. The van der Waals surface area contributed by atoms with Crippen LogP contribution in [0.1, 0.15) is 28.5 Å². The number of benzene rings is 2. The topological polar surface area (TPSA) is 66.9 Å². The zero-order chi connectivity index (χ0) is 20.1. The Kier molecular flexibility index (Phi) is 5.99. The van der Waals surface area contributed by atoms with Crippen molar-refractivity contribution in [2.24, 2.45) is 0 Å². The smallest absolute Gasteiger partial charge is 0.340 e. The van der Waals surface area contributed by atoms with E-state index >= 15 is 0 Å². The molecule has 0 saturated carbocycles. The fourth-order valence-corrected chi connectivity index (χ4v) is 3.04. The Balaban J connectivity index is 2.00. The quantitative estimate of drug-likeness (QED) is 0.568. The summed E-state index contributed by atoms with van der Waals surface area (Å²) in [5.41, 5.74) is 2.59. The van der Waals surface area contributed by atoms with Gasteiger partial charge in [-0.15, -0.1) is 0 Å². The Hall–Kier alpha value is -3.28. The molecule has 0 N–H and O–H groups in total. The average molecular weight is 381 g/mol. The van der Waals surface area contributed by atoms with E-state index in [2.05, 4.69) is 4.98 Å². The fraction of sp³-hybridized carbons (Fsp3) is 0.273. The molecule has 3 aromatic rings. The van der Waals surface area contributed by atoms with Gasteiger partial charge in [-0.05, 0) is 25.5 Å². The van der Waals surface area contributed by atoms with E-state index in [0.717, 1.165) is 16.5 Å². The minimum Gasteiger partial charge on any atom is -0.496 e. The third-order valence-corrected chi connectivity index (χ3v) is 4.41. The number of fused-ring (bicyclic) bond motifs is 1. The van der Waals surface area contributed by atoms with E-state index in [-0.39, 0.29) is 6.61 Å². The average Bonchev–Trinajstić information content (AvgIpc) is 2.72. The van der Waals surface area contributed by atoms with Gasteiger partial charge < -0.3 is 18.9 Å². The second-order valence-corrected chi connectivity index (χ2v) is 6.13. The minimum atomic E-state index is -0.403. The fourth-order valence-electron chi connectivity index (χ4n) is 3.04. The first-order valence-electron chi connectivity index (χ1n) is 8.98. The molecule has 6 nitrogen and oxygen atoms in total. The standard InChI is InChI=1S/C22H23NO5/c1-5-27-22(24)21-14(2)18-8-6-7-9-19(18)23-20(21)13-28-17-11-15(25-3)10-16(12-17)26-4/h6-12H,5,13H2,1-4H3. The van der Waals surface area contributed by atoms with Gasteiger partial charge in [-0.2, -0.15) is 0 Å². The number of esters is 1. The Labute approximate surface area is 164 Å². The molecule has 1 heterocycles. The van der Waals surface area contributed by atoms with E-state index in [1.165, 1.54) is 0 Å². The molecular weight excluding hydrogens is 358 g/mol. The van der Waals surface area contributed by atoms with Crippen LogP contribution in [0.2, 0.25) is 0 Å². The zero-order valence-corrected chi connectivity index (χ0v) is 16.4. The van der Waals surface area contributed by atoms with Crippen LogP contribution in [0, 0.1) is 6.92 Å². The maximum absolute atomic E-state index is 12.6. The molecule has 3 rings (SSSR count). The van der Waals surface area contributed by atoms with Crippen molar-refractivity contribution in [1.82, 2.24) is 4.98 Å². The summed E-state index contributed by atoms with van der Waals surface area (Å²) in [5, 5.41) is 0.914. The summed E-state index contributed by atoms with van der Waals surface area (Å²) in [5.74, 6) is 1.38. The number of nitrogens with zero attached hydrogens (tertiary/aromatic N) is 1. The van der Waals surface area contributed by atoms with Gasteiger partial charge in [-0.3, -0.25) is 0 Å². The first-order chi connectivity index (χ1) is 13.6. The predicted molar refractivity (Wildman–Crippen MR) is 106 cm³/mol. The van der Waals surface area contributed by atoms with Crippen molar-refractivity contribution in [3.8, 4) is 17.2 Å². The van der Waals surface area contributed by atoms with Crippen molar-refractivity contribution in [2.45, 2.75) is 20.5 Å². The van der Waals surface area contributed by atoms with Gasteiger partial charge in [0.1, 0.15) is 23.9 Å². The van der Waals surface area contributed by atoms with E-state index < -0.39 is 5.97 Å². The van der Waals surface area contributed by atoms with Gasteiger partial charge in [0, 0.05) is 23.6 Å². The number of carbonyl (C=O) groups excluding carboxylic acids is 1. The molecule has 0 amide bonds. The Morgan fingerprint density at radius 2 is 1.64 bits per heavy atom. The van der Waals surface area contributed by atoms with Crippen molar-refractivity contribution in [2.75, 3.05) is 20.8 Å². The lowest BCUT2D eigenvalue weighted by Crippen LogP contribution is -2.14. The van der Waals surface area contributed by atoms with Gasteiger partial charge in [0.2, 0.25) is 0 Å². The van der Waals surface area contributed by atoms with Gasteiger partial charge >= 0.3 is 5.97 Å². The lowest BCUT2D eigenvalue weighted by atomic mass is 10.0. The van der Waals surface area contributed by atoms with E-state index in [1.807, 2.05) is 31.2 Å². The molecule has 0 saturated heterocycles. The Morgan fingerprint density at radius 3 is 2.29 bits per heavy atom. The van der Waals surface area contributed by atoms with Crippen LogP contribution < -0.4 is 14.2 Å². The number of aromatic nitrogens is 1. The first-order valence-corrected chi connectivity index (χ1v) is 8.98. The van der Waals surface area contributed by atoms with Crippen LogP contribution in [0.15, 0.2) is 42.5 Å². The van der Waals surface area contributed by atoms with E-state index in [4.69, 9.17) is 18.9 Å². The summed E-state index contributed by atoms with van der Waals surface area (Å²) in [7, 11) is 3.15. The van der Waals surface area contributed by atoms with Crippen molar-refractivity contribution in [3.63, 3.8) is 0 Å². The van der Waals surface area contributed by atoms with Crippen LogP contribution in [-0.4, -0.2) is 31.8 Å². The largest absolute Gasteiger partial charge is 0.496 e. The molecule has 6 heteroatoms. The number of rotatable bonds is 7. The number of para-hydroxylation sites is 1. The van der Waals surface area contributed by atoms with Crippen LogP contribution in [0.4, 0.5) is 0 Å². The van der Waals surface area contributed by atoms with Crippen molar-refractivity contribution in [1.29, 1.82) is 0 Å².